The first-order valence-corrected chi connectivity index (χ1v) is 32.7. The summed E-state index contributed by atoms with van der Waals surface area (Å²) in [6.45, 7) is 15.8. The van der Waals surface area contributed by atoms with E-state index in [2.05, 4.69) is 46.9 Å². The van der Waals surface area contributed by atoms with Gasteiger partial charge in [-0.15, -0.1) is 0 Å². The van der Waals surface area contributed by atoms with Gasteiger partial charge in [-0.2, -0.15) is 0 Å². The highest BCUT2D eigenvalue weighted by Crippen LogP contribution is 2.52. The largest absolute Gasteiger partial charge is 0.507 e. The number of aromatic nitrogens is 1. The van der Waals surface area contributed by atoms with Gasteiger partial charge in [-0.3, -0.25) is 19.0 Å². The van der Waals surface area contributed by atoms with Crippen LogP contribution in [0.3, 0.4) is 0 Å². The number of ether oxygens (including phenoxy) is 1. The fourth-order valence-corrected chi connectivity index (χ4v) is 21.9. The summed E-state index contributed by atoms with van der Waals surface area (Å²) in [6.07, 6.45) is -1.25. The van der Waals surface area contributed by atoms with Gasteiger partial charge in [-0.05, 0) is 108 Å². The van der Waals surface area contributed by atoms with E-state index in [9.17, 15) is 19.5 Å². The lowest BCUT2D eigenvalue weighted by Gasteiger charge is -2.40. The number of nitrogens with zero attached hydrogens (tertiary/aromatic N) is 1. The van der Waals surface area contributed by atoms with E-state index in [0.717, 1.165) is 32.8 Å². The van der Waals surface area contributed by atoms with Crippen LogP contribution >= 0.6 is 0 Å². The zero-order chi connectivity index (χ0) is 53.3. The molecule has 76 heavy (non-hydrogen) atoms. The molecule has 6 aliphatic rings. The highest BCUT2D eigenvalue weighted by Gasteiger charge is 2.74. The molecular weight excluding hydrogens is 1030 g/mol. The van der Waals surface area contributed by atoms with E-state index in [1.807, 2.05) is 43.3 Å². The number of nitrogens with two attached hydrogens (primary N) is 1. The summed E-state index contributed by atoms with van der Waals surface area (Å²) < 4.78 is 73.5. The Balaban J connectivity index is 0.742. The number of fused-ring (bicyclic) bond motifs is 8. The molecule has 0 spiro atoms. The van der Waals surface area contributed by atoms with Gasteiger partial charge in [0.15, 0.2) is 0 Å². The van der Waals surface area contributed by atoms with Gasteiger partial charge in [0.2, 0.25) is 5.91 Å². The van der Waals surface area contributed by atoms with Crippen LogP contribution in [0.5, 0.6) is 11.5 Å². The lowest BCUT2D eigenvalue weighted by Crippen LogP contribution is -2.60. The van der Waals surface area contributed by atoms with Crippen LogP contribution in [0, 0.1) is 0 Å². The van der Waals surface area contributed by atoms with Crippen LogP contribution in [0.25, 0.3) is 43.5 Å². The maximum atomic E-state index is 14.4. The summed E-state index contributed by atoms with van der Waals surface area (Å²) in [4.78, 5) is 42.0. The molecule has 12 rings (SSSR count). The zero-order valence-electron chi connectivity index (χ0n) is 44.5. The van der Waals surface area contributed by atoms with Gasteiger partial charge in [-0.25, -0.2) is 0 Å². The number of nitrogens with one attached hydrogen (secondary N) is 1. The van der Waals surface area contributed by atoms with Crippen LogP contribution < -0.4 is 26.9 Å². The Bertz CT molecular complexity index is 3310. The first-order chi connectivity index (χ1) is 36.2. The second kappa shape index (κ2) is 19.1. The van der Waals surface area contributed by atoms with Gasteiger partial charge >= 0.3 is 26.4 Å². The molecule has 4 aromatic carbocycles. The number of hydrogen-bond acceptors (Lipinski definition) is 16. The average Bonchev–Trinajstić information content (AvgIpc) is 4.32. The molecule has 4 N–H and O–H groups in total. The first kappa shape index (κ1) is 52.1. The number of pyridine rings is 1. The van der Waals surface area contributed by atoms with E-state index < -0.39 is 63.0 Å². The minimum atomic E-state index is -3.53. The van der Waals surface area contributed by atoms with E-state index in [4.69, 9.17) is 54.7 Å². The van der Waals surface area contributed by atoms with Gasteiger partial charge in [0.25, 0.3) is 11.1 Å². The number of amides is 1. The molecule has 2 aromatic heterocycles. The molecule has 8 heterocycles. The van der Waals surface area contributed by atoms with Crippen LogP contribution in [0.2, 0.25) is 18.1 Å². The molecule has 0 saturated carbocycles. The standard InChI is InChI=1S/C55H69N3O15Si3/c1-30-46-48(70-75(66-30,68-46)23-9-20-56)50-51-49(47-41-29-64-74(67-41,69-47)24-10-21-57-42(59)19-12-31-26-37(54(2,3)4)45(60)38(27-31)55(5,6)7)71-76(72-50,73-51)25-11-22-58-52(61)34-15-14-33-36-28-32(63-8)13-17-39(36)65-40-18-16-35(53(58)62)43(34)44(33)40/h13-18,26-28,30,41,46-51,60H,9-12,19-25,29,56H2,1-8H3,(H,57,59). The molecule has 1 amide bonds. The molecule has 6 bridgehead atoms. The van der Waals surface area contributed by atoms with Gasteiger partial charge in [-0.1, -0.05) is 59.7 Å². The van der Waals surface area contributed by atoms with E-state index in [1.165, 1.54) is 4.57 Å². The van der Waals surface area contributed by atoms with Crippen molar-refractivity contribution in [1.82, 2.24) is 9.88 Å². The molecular formula is C55H69N3O15Si3. The van der Waals surface area contributed by atoms with Crippen LogP contribution in [-0.2, 0) is 68.4 Å². The molecule has 21 heteroatoms. The Morgan fingerprint density at radius 3 is 1.95 bits per heavy atom. The number of rotatable bonds is 17. The van der Waals surface area contributed by atoms with E-state index in [0.29, 0.717) is 109 Å². The summed E-state index contributed by atoms with van der Waals surface area (Å²) >= 11 is 0. The Kier molecular flexibility index (Phi) is 13.1. The number of benzene rings is 4. The highest BCUT2D eigenvalue weighted by atomic mass is 28.4. The van der Waals surface area contributed by atoms with Crippen molar-refractivity contribution < 1.29 is 58.9 Å². The number of methoxy groups -OCH3 is 1. The molecule has 11 atom stereocenters. The van der Waals surface area contributed by atoms with Crippen molar-refractivity contribution in [2.24, 2.45) is 5.73 Å². The summed E-state index contributed by atoms with van der Waals surface area (Å²) in [7, 11) is -8.12. The monoisotopic (exact) mass is 1100 g/mol. The van der Waals surface area contributed by atoms with Crippen molar-refractivity contribution >= 4 is 75.8 Å². The van der Waals surface area contributed by atoms with Crippen LogP contribution in [0.15, 0.2) is 68.6 Å². The quantitative estimate of drug-likeness (QED) is 0.0360. The smallest absolute Gasteiger partial charge is 0.502 e. The predicted molar refractivity (Wildman–Crippen MR) is 289 cm³/mol. The fraction of sp³-hybridized carbons (Fsp3) is 0.545. The van der Waals surface area contributed by atoms with Crippen LogP contribution in [0.1, 0.15) is 90.8 Å². The van der Waals surface area contributed by atoms with Crippen molar-refractivity contribution in [2.75, 3.05) is 26.8 Å². The van der Waals surface area contributed by atoms with Crippen molar-refractivity contribution in [3.63, 3.8) is 0 Å². The SMILES string of the molecule is COc1ccc2oc3ccc4c(=O)n(CCC[Si]56OC(C7O[Si]8(CCCNC(=O)CCc9cc(C(C)(C)C)c(O)c(C(C)(C)C)c9)OCC7O8)C(O5)C(C5O[Si]7(CCCN)OC(C)C5O7)O6)c(=O)c5ccc(c2c1)c3c45. The summed E-state index contributed by atoms with van der Waals surface area (Å²) in [5.41, 5.74) is 8.64. The topological polar surface area (TPSA) is 220 Å². The molecule has 18 nitrogen and oxygen atoms in total. The van der Waals surface area contributed by atoms with Gasteiger partial charge < -0.3 is 65.1 Å². The molecule has 11 unspecified atom stereocenters. The number of phenols is 1. The van der Waals surface area contributed by atoms with Crippen molar-refractivity contribution in [3.8, 4) is 11.5 Å². The van der Waals surface area contributed by atoms with Gasteiger partial charge in [0.05, 0.1) is 25.9 Å². The molecule has 0 radical (unpaired) electrons. The third-order valence-corrected chi connectivity index (χ3v) is 24.9. The number of carbonyl (C=O) groups is 1. The van der Waals surface area contributed by atoms with Crippen LogP contribution in [0.4, 0.5) is 0 Å². The van der Waals surface area contributed by atoms with Crippen LogP contribution in [-0.4, -0.2) is 118 Å². The van der Waals surface area contributed by atoms with Crippen molar-refractivity contribution in [1.29, 1.82) is 0 Å². The van der Waals surface area contributed by atoms with E-state index >= 15 is 0 Å². The number of aromatic hydroxyl groups is 1. The number of aryl methyl sites for hydroxylation is 1. The van der Waals surface area contributed by atoms with E-state index in [-0.39, 0.29) is 46.6 Å². The molecule has 6 saturated heterocycles. The second-order valence-electron chi connectivity index (χ2n) is 23.6. The van der Waals surface area contributed by atoms with Gasteiger partial charge in [0.1, 0.15) is 59.3 Å². The summed E-state index contributed by atoms with van der Waals surface area (Å²) in [5.74, 6) is 0.930. The third kappa shape index (κ3) is 8.86. The van der Waals surface area contributed by atoms with Crippen molar-refractivity contribution in [3.05, 3.63) is 92.0 Å². The molecule has 0 aliphatic carbocycles. The lowest BCUT2D eigenvalue weighted by molar-refractivity contribution is -0.121. The Labute approximate surface area is 443 Å². The van der Waals surface area contributed by atoms with Gasteiger partial charge in [0, 0.05) is 64.6 Å². The average molecular weight is 1100 g/mol. The molecule has 6 aromatic rings. The second-order valence-corrected chi connectivity index (χ2v) is 31.3. The first-order valence-electron chi connectivity index (χ1n) is 26.9. The molecule has 6 aliphatic heterocycles. The highest BCUT2D eigenvalue weighted by molar-refractivity contribution is 6.63. The summed E-state index contributed by atoms with van der Waals surface area (Å²) in [5, 5.41) is 18.1. The zero-order valence-corrected chi connectivity index (χ0v) is 47.5. The number of hydrogen-bond donors (Lipinski definition) is 3. The molecule has 406 valence electrons. The molecule has 6 fully saturated rings. The minimum Gasteiger partial charge on any atom is -0.507 e. The normalized spacial score (nSPS) is 30.9. The maximum Gasteiger partial charge on any atom is 0.502 e. The number of phenolic OH excluding ortho intramolecular Hbond substituents is 1. The summed E-state index contributed by atoms with van der Waals surface area (Å²) in [6, 6.07) is 18.3. The fourth-order valence-electron chi connectivity index (χ4n) is 12.5. The Morgan fingerprint density at radius 1 is 0.697 bits per heavy atom. The minimum absolute atomic E-state index is 0.0612. The van der Waals surface area contributed by atoms with Crippen molar-refractivity contribution in [2.45, 2.75) is 165 Å². The Hall–Kier alpha value is -4.60. The third-order valence-electron chi connectivity index (χ3n) is 16.2. The maximum absolute atomic E-state index is 14.4. The lowest BCUT2D eigenvalue weighted by atomic mass is 9.78. The number of carbonyl (C=O) groups excluding carboxylic acids is 1. The predicted octanol–water partition coefficient (Wildman–Crippen LogP) is 7.06. The van der Waals surface area contributed by atoms with E-state index in [1.54, 1.807) is 25.3 Å². The Morgan fingerprint density at radius 2 is 1.28 bits per heavy atom.